The highest BCUT2D eigenvalue weighted by Crippen LogP contribution is 2.29. The van der Waals surface area contributed by atoms with E-state index < -0.39 is 17.5 Å². The van der Waals surface area contributed by atoms with E-state index in [1.54, 1.807) is 12.1 Å². The molecule has 25 heavy (non-hydrogen) atoms. The number of nitrogens with two attached hydrogens (primary N) is 1. The minimum absolute atomic E-state index is 0.0536. The lowest BCUT2D eigenvalue weighted by atomic mass is 9.98. The van der Waals surface area contributed by atoms with E-state index in [-0.39, 0.29) is 23.8 Å². The maximum absolute atomic E-state index is 14.1. The second-order valence-corrected chi connectivity index (χ2v) is 7.14. The summed E-state index contributed by atoms with van der Waals surface area (Å²) in [6.45, 7) is 0. The van der Waals surface area contributed by atoms with Gasteiger partial charge in [-0.2, -0.15) is 0 Å². The average molecular weight is 455 g/mol. The summed E-state index contributed by atoms with van der Waals surface area (Å²) in [4.78, 5) is 12.0. The lowest BCUT2D eigenvalue weighted by Gasteiger charge is -2.18. The molecule has 0 saturated carbocycles. The summed E-state index contributed by atoms with van der Waals surface area (Å²) in [7, 11) is 0. The number of carbonyl (C=O) groups is 1. The average Bonchev–Trinajstić information content (AvgIpc) is 3.02. The molecule has 0 atom stereocenters. The van der Waals surface area contributed by atoms with E-state index in [4.69, 9.17) is 10.5 Å². The molecule has 6 heteroatoms. The molecule has 1 aliphatic rings. The molecule has 0 heterocycles. The highest BCUT2D eigenvalue weighted by Gasteiger charge is 2.21. The lowest BCUT2D eigenvalue weighted by molar-refractivity contribution is 0.0992. The van der Waals surface area contributed by atoms with Crippen LogP contribution in [-0.4, -0.2) is 12.0 Å². The summed E-state index contributed by atoms with van der Waals surface area (Å²) in [5.41, 5.74) is 6.28. The van der Waals surface area contributed by atoms with Gasteiger partial charge in [-0.1, -0.05) is 18.2 Å². The van der Waals surface area contributed by atoms with Crippen LogP contribution < -0.4 is 10.5 Å². The van der Waals surface area contributed by atoms with Crippen LogP contribution in [0, 0.1) is 15.2 Å². The number of benzene rings is 2. The Kier molecular flexibility index (Phi) is 5.36. The zero-order valence-electron chi connectivity index (χ0n) is 13.3. The van der Waals surface area contributed by atoms with E-state index in [1.165, 1.54) is 12.1 Å². The maximum Gasteiger partial charge on any atom is 0.252 e. The van der Waals surface area contributed by atoms with E-state index in [0.29, 0.717) is 24.0 Å². The summed E-state index contributed by atoms with van der Waals surface area (Å²) >= 11 is 2.01. The minimum Gasteiger partial charge on any atom is -0.489 e. The topological polar surface area (TPSA) is 52.3 Å². The van der Waals surface area contributed by atoms with E-state index >= 15 is 0 Å². The first kappa shape index (κ1) is 17.8. The molecule has 3 rings (SSSR count). The number of carbonyl (C=O) groups excluding carboxylic acids is 1. The zero-order valence-corrected chi connectivity index (χ0v) is 15.4. The van der Waals surface area contributed by atoms with Crippen LogP contribution in [0.25, 0.3) is 0 Å². The van der Waals surface area contributed by atoms with Crippen LogP contribution in [0.3, 0.4) is 0 Å². The predicted octanol–water partition coefficient (Wildman–Crippen LogP) is 4.36. The lowest BCUT2D eigenvalue weighted by Crippen LogP contribution is -2.20. The van der Waals surface area contributed by atoms with Gasteiger partial charge in [0.05, 0.1) is 5.56 Å². The number of halogens is 3. The molecular weight excluding hydrogens is 439 g/mol. The third kappa shape index (κ3) is 4.18. The van der Waals surface area contributed by atoms with Crippen molar-refractivity contribution in [3.63, 3.8) is 0 Å². The van der Waals surface area contributed by atoms with Crippen molar-refractivity contribution in [1.82, 2.24) is 0 Å². The van der Waals surface area contributed by atoms with Crippen LogP contribution in [-0.2, 0) is 6.42 Å². The van der Waals surface area contributed by atoms with Crippen LogP contribution in [0.2, 0.25) is 0 Å². The normalized spacial score (nSPS) is 14.0. The van der Waals surface area contributed by atoms with Gasteiger partial charge in [0, 0.05) is 28.9 Å². The molecule has 2 aromatic rings. The summed E-state index contributed by atoms with van der Waals surface area (Å²) in [5.74, 6) is -1.56. The van der Waals surface area contributed by atoms with Gasteiger partial charge in [0.15, 0.2) is 0 Å². The Bertz CT molecular complexity index is 844. The number of rotatable bonds is 5. The van der Waals surface area contributed by atoms with Crippen molar-refractivity contribution in [3.05, 3.63) is 74.4 Å². The highest BCUT2D eigenvalue weighted by molar-refractivity contribution is 14.1. The molecule has 2 aromatic carbocycles. The number of primary amides is 1. The van der Waals surface area contributed by atoms with E-state index in [1.807, 2.05) is 34.7 Å². The summed E-state index contributed by atoms with van der Waals surface area (Å²) in [6.07, 6.45) is 5.22. The van der Waals surface area contributed by atoms with Crippen molar-refractivity contribution in [3.8, 4) is 5.75 Å². The number of amides is 1. The molecule has 0 aromatic heterocycles. The molecule has 0 fully saturated rings. The third-order valence-electron chi connectivity index (χ3n) is 4.05. The van der Waals surface area contributed by atoms with Crippen LogP contribution in [0.4, 0.5) is 8.78 Å². The molecular formula is C19H16F2INO2. The van der Waals surface area contributed by atoms with Gasteiger partial charge in [0.1, 0.15) is 23.5 Å². The maximum atomic E-state index is 14.1. The van der Waals surface area contributed by atoms with Crippen molar-refractivity contribution in [2.45, 2.75) is 25.4 Å². The highest BCUT2D eigenvalue weighted by atomic mass is 127. The fraction of sp³-hybridized carbons (Fsp3) is 0.211. The Balaban J connectivity index is 1.99. The Morgan fingerprint density at radius 3 is 2.52 bits per heavy atom. The Hall–Kier alpha value is -1.96. The molecule has 0 spiro atoms. The number of hydrogen-bond donors (Lipinski definition) is 1. The van der Waals surface area contributed by atoms with Gasteiger partial charge in [0.2, 0.25) is 0 Å². The van der Waals surface area contributed by atoms with Crippen molar-refractivity contribution in [2.75, 3.05) is 0 Å². The molecule has 1 amide bonds. The van der Waals surface area contributed by atoms with Gasteiger partial charge >= 0.3 is 0 Å². The van der Waals surface area contributed by atoms with E-state index in [0.717, 1.165) is 9.64 Å². The van der Waals surface area contributed by atoms with Crippen molar-refractivity contribution >= 4 is 28.5 Å². The first-order valence-electron chi connectivity index (χ1n) is 7.82. The van der Waals surface area contributed by atoms with Gasteiger partial charge in [-0.3, -0.25) is 4.79 Å². The molecule has 0 saturated heterocycles. The summed E-state index contributed by atoms with van der Waals surface area (Å²) < 4.78 is 34.7. The van der Waals surface area contributed by atoms with Crippen LogP contribution in [0.1, 0.15) is 34.3 Å². The van der Waals surface area contributed by atoms with Gasteiger partial charge in [0.25, 0.3) is 5.91 Å². The fourth-order valence-corrected chi connectivity index (χ4v) is 3.34. The molecule has 2 N–H and O–H groups in total. The largest absolute Gasteiger partial charge is 0.489 e. The molecule has 1 aliphatic carbocycles. The monoisotopic (exact) mass is 455 g/mol. The molecule has 0 radical (unpaired) electrons. The van der Waals surface area contributed by atoms with Crippen LogP contribution in [0.15, 0.2) is 42.5 Å². The van der Waals surface area contributed by atoms with Gasteiger partial charge in [-0.15, -0.1) is 0 Å². The standard InChI is InChI=1S/C19H16F2INO2/c20-13-8-12(7-11-5-6-14(22)10-16(11)21)18(19(23)24)17(9-13)25-15-3-1-2-4-15/h1-2,5-6,8-10,15H,3-4,7H2,(H2,23,24). The Labute approximate surface area is 158 Å². The molecule has 3 nitrogen and oxygen atoms in total. The van der Waals surface area contributed by atoms with Gasteiger partial charge in [-0.05, 0) is 51.9 Å². The first-order chi connectivity index (χ1) is 11.9. The van der Waals surface area contributed by atoms with Crippen molar-refractivity contribution < 1.29 is 18.3 Å². The van der Waals surface area contributed by atoms with E-state index in [9.17, 15) is 13.6 Å². The SMILES string of the molecule is NC(=O)c1c(Cc2ccc(I)cc2F)cc(F)cc1OC1CC=CC1. The quantitative estimate of drug-likeness (QED) is 0.539. The molecule has 0 aliphatic heterocycles. The summed E-state index contributed by atoms with van der Waals surface area (Å²) in [5, 5.41) is 0. The van der Waals surface area contributed by atoms with Crippen molar-refractivity contribution in [1.29, 1.82) is 0 Å². The Morgan fingerprint density at radius 2 is 1.88 bits per heavy atom. The van der Waals surface area contributed by atoms with Gasteiger partial charge < -0.3 is 10.5 Å². The number of hydrogen-bond acceptors (Lipinski definition) is 2. The fourth-order valence-electron chi connectivity index (χ4n) is 2.89. The minimum atomic E-state index is -0.720. The molecule has 0 unspecified atom stereocenters. The summed E-state index contributed by atoms with van der Waals surface area (Å²) in [6, 6.07) is 7.13. The number of ether oxygens (including phenoxy) is 1. The van der Waals surface area contributed by atoms with Crippen molar-refractivity contribution in [2.24, 2.45) is 5.73 Å². The van der Waals surface area contributed by atoms with Crippen LogP contribution in [0.5, 0.6) is 5.75 Å². The first-order valence-corrected chi connectivity index (χ1v) is 8.89. The van der Waals surface area contributed by atoms with Gasteiger partial charge in [-0.25, -0.2) is 8.78 Å². The van der Waals surface area contributed by atoms with Crippen LogP contribution >= 0.6 is 22.6 Å². The second kappa shape index (κ2) is 7.51. The Morgan fingerprint density at radius 1 is 1.16 bits per heavy atom. The molecule has 0 bridgehead atoms. The zero-order chi connectivity index (χ0) is 18.0. The molecule has 130 valence electrons. The predicted molar refractivity (Wildman–Crippen MR) is 99.6 cm³/mol. The van der Waals surface area contributed by atoms with E-state index in [2.05, 4.69) is 0 Å². The third-order valence-corrected chi connectivity index (χ3v) is 4.72. The smallest absolute Gasteiger partial charge is 0.252 e. The second-order valence-electron chi connectivity index (χ2n) is 5.90.